The van der Waals surface area contributed by atoms with Crippen LogP contribution in [-0.2, 0) is 11.3 Å². The highest BCUT2D eigenvalue weighted by molar-refractivity contribution is 5.82. The Hall–Kier alpha value is -1.39. The van der Waals surface area contributed by atoms with Gasteiger partial charge < -0.3 is 10.6 Å². The number of likely N-dealkylation sites (N-methyl/N-ethyl adjacent to an activating group) is 1. The largest absolute Gasteiger partial charge is 0.344 e. The van der Waals surface area contributed by atoms with Gasteiger partial charge >= 0.3 is 0 Å². The summed E-state index contributed by atoms with van der Waals surface area (Å²) in [5.41, 5.74) is 7.03. The van der Waals surface area contributed by atoms with E-state index in [1.807, 2.05) is 18.0 Å². The molecule has 1 aliphatic heterocycles. The first-order chi connectivity index (χ1) is 10.4. The van der Waals surface area contributed by atoms with Gasteiger partial charge in [-0.15, -0.1) is 0 Å². The third kappa shape index (κ3) is 4.31. The van der Waals surface area contributed by atoms with Crippen LogP contribution in [-0.4, -0.2) is 48.4 Å². The van der Waals surface area contributed by atoms with Crippen LogP contribution in [0.1, 0.15) is 32.3 Å². The molecule has 122 valence electrons. The quantitative estimate of drug-likeness (QED) is 0.875. The maximum Gasteiger partial charge on any atom is 0.239 e. The van der Waals surface area contributed by atoms with E-state index in [9.17, 15) is 4.79 Å². The summed E-state index contributed by atoms with van der Waals surface area (Å²) in [6.07, 6.45) is 2.05. The average molecular weight is 303 g/mol. The predicted molar refractivity (Wildman–Crippen MR) is 90.3 cm³/mol. The molecule has 1 heterocycles. The Morgan fingerprint density at radius 3 is 2.68 bits per heavy atom. The van der Waals surface area contributed by atoms with E-state index in [2.05, 4.69) is 43.0 Å². The second-order valence-electron chi connectivity index (χ2n) is 7.18. The lowest BCUT2D eigenvalue weighted by Crippen LogP contribution is -2.47. The highest BCUT2D eigenvalue weighted by Crippen LogP contribution is 2.23. The normalized spacial score (nSPS) is 19.4. The van der Waals surface area contributed by atoms with Crippen molar-refractivity contribution in [1.29, 1.82) is 0 Å². The molecule has 22 heavy (non-hydrogen) atoms. The van der Waals surface area contributed by atoms with Gasteiger partial charge in [0.25, 0.3) is 0 Å². The summed E-state index contributed by atoms with van der Waals surface area (Å²) in [5.74, 6) is 0.231. The van der Waals surface area contributed by atoms with Crippen LogP contribution in [0.5, 0.6) is 0 Å². The van der Waals surface area contributed by atoms with E-state index in [1.165, 1.54) is 5.56 Å². The second-order valence-corrected chi connectivity index (χ2v) is 7.18. The van der Waals surface area contributed by atoms with Gasteiger partial charge in [0, 0.05) is 20.1 Å². The standard InChI is InChI=1S/C18H29N3O/c1-18(2,13-19)14-20(3)17(22)16-10-7-11-21(16)12-15-8-5-4-6-9-15/h4-6,8-9,16H,7,10-14,19H2,1-3H3. The van der Waals surface area contributed by atoms with Crippen molar-refractivity contribution in [3.05, 3.63) is 35.9 Å². The Balaban J connectivity index is 1.99. The summed E-state index contributed by atoms with van der Waals surface area (Å²) < 4.78 is 0. The molecular weight excluding hydrogens is 274 g/mol. The van der Waals surface area contributed by atoms with Crippen molar-refractivity contribution < 1.29 is 4.79 Å². The van der Waals surface area contributed by atoms with Crippen LogP contribution in [0.25, 0.3) is 0 Å². The van der Waals surface area contributed by atoms with Crippen LogP contribution in [0.3, 0.4) is 0 Å². The van der Waals surface area contributed by atoms with E-state index < -0.39 is 0 Å². The first-order valence-corrected chi connectivity index (χ1v) is 8.16. The van der Waals surface area contributed by atoms with Gasteiger partial charge in [-0.1, -0.05) is 44.2 Å². The van der Waals surface area contributed by atoms with Crippen LogP contribution in [0, 0.1) is 5.41 Å². The Labute approximate surface area is 134 Å². The monoisotopic (exact) mass is 303 g/mol. The highest BCUT2D eigenvalue weighted by Gasteiger charge is 2.33. The first kappa shape index (κ1) is 17.0. The smallest absolute Gasteiger partial charge is 0.239 e. The molecule has 0 aromatic heterocycles. The zero-order valence-electron chi connectivity index (χ0n) is 14.1. The topological polar surface area (TPSA) is 49.6 Å². The third-order valence-electron chi connectivity index (χ3n) is 4.47. The minimum Gasteiger partial charge on any atom is -0.344 e. The summed E-state index contributed by atoms with van der Waals surface area (Å²) in [6, 6.07) is 10.4. The lowest BCUT2D eigenvalue weighted by molar-refractivity contribution is -0.136. The minimum absolute atomic E-state index is 0.0128. The lowest BCUT2D eigenvalue weighted by Gasteiger charge is -2.33. The number of carbonyl (C=O) groups excluding carboxylic acids is 1. The molecule has 1 fully saturated rings. The number of likely N-dealkylation sites (tertiary alicyclic amines) is 1. The van der Waals surface area contributed by atoms with Crippen LogP contribution >= 0.6 is 0 Å². The van der Waals surface area contributed by atoms with Crippen LogP contribution in [0.15, 0.2) is 30.3 Å². The number of nitrogens with two attached hydrogens (primary N) is 1. The van der Waals surface area contributed by atoms with Crippen molar-refractivity contribution in [3.63, 3.8) is 0 Å². The molecule has 0 spiro atoms. The minimum atomic E-state index is -0.0345. The summed E-state index contributed by atoms with van der Waals surface area (Å²) in [4.78, 5) is 17.0. The molecule has 0 radical (unpaired) electrons. The molecule has 0 bridgehead atoms. The highest BCUT2D eigenvalue weighted by atomic mass is 16.2. The van der Waals surface area contributed by atoms with Crippen LogP contribution in [0.4, 0.5) is 0 Å². The molecule has 4 nitrogen and oxygen atoms in total. The van der Waals surface area contributed by atoms with E-state index in [0.717, 1.165) is 25.9 Å². The van der Waals surface area contributed by atoms with Crippen molar-refractivity contribution in [2.45, 2.75) is 39.3 Å². The maximum absolute atomic E-state index is 12.8. The van der Waals surface area contributed by atoms with Gasteiger partial charge in [0.1, 0.15) is 0 Å². The van der Waals surface area contributed by atoms with Crippen molar-refractivity contribution in [2.75, 3.05) is 26.7 Å². The Kier molecular flexibility index (Phi) is 5.59. The van der Waals surface area contributed by atoms with Gasteiger partial charge in [0.05, 0.1) is 6.04 Å². The molecule has 0 saturated carbocycles. The molecule has 1 atom stereocenters. The SMILES string of the molecule is CN(CC(C)(C)CN)C(=O)C1CCCN1Cc1ccccc1. The van der Waals surface area contributed by atoms with Crippen molar-refractivity contribution in [3.8, 4) is 0 Å². The Morgan fingerprint density at radius 1 is 1.36 bits per heavy atom. The van der Waals surface area contributed by atoms with Crippen LogP contribution in [0.2, 0.25) is 0 Å². The Bertz CT molecular complexity index is 486. The average Bonchev–Trinajstić information content (AvgIpc) is 2.95. The van der Waals surface area contributed by atoms with Crippen molar-refractivity contribution >= 4 is 5.91 Å². The van der Waals surface area contributed by atoms with Gasteiger partial charge in [-0.3, -0.25) is 9.69 Å². The fourth-order valence-electron chi connectivity index (χ4n) is 3.15. The third-order valence-corrected chi connectivity index (χ3v) is 4.47. The molecule has 2 N–H and O–H groups in total. The van der Waals surface area contributed by atoms with E-state index >= 15 is 0 Å². The summed E-state index contributed by atoms with van der Waals surface area (Å²) in [5, 5.41) is 0. The van der Waals surface area contributed by atoms with Gasteiger partial charge in [0.15, 0.2) is 0 Å². The lowest BCUT2D eigenvalue weighted by atomic mass is 9.93. The number of carbonyl (C=O) groups is 1. The number of nitrogens with zero attached hydrogens (tertiary/aromatic N) is 2. The van der Waals surface area contributed by atoms with Gasteiger partial charge in [-0.05, 0) is 36.9 Å². The zero-order valence-corrected chi connectivity index (χ0v) is 14.1. The fraction of sp³-hybridized carbons (Fsp3) is 0.611. The van der Waals surface area contributed by atoms with Crippen molar-refractivity contribution in [1.82, 2.24) is 9.80 Å². The van der Waals surface area contributed by atoms with E-state index in [-0.39, 0.29) is 17.4 Å². The van der Waals surface area contributed by atoms with E-state index in [0.29, 0.717) is 13.1 Å². The molecule has 1 saturated heterocycles. The molecule has 1 aliphatic rings. The van der Waals surface area contributed by atoms with E-state index in [4.69, 9.17) is 5.73 Å². The van der Waals surface area contributed by atoms with Crippen LogP contribution < -0.4 is 5.73 Å². The summed E-state index contributed by atoms with van der Waals surface area (Å²) in [7, 11) is 1.90. The number of rotatable bonds is 6. The van der Waals surface area contributed by atoms with E-state index in [1.54, 1.807) is 0 Å². The molecule has 1 aromatic rings. The molecule has 2 rings (SSSR count). The van der Waals surface area contributed by atoms with Gasteiger partial charge in [0.2, 0.25) is 5.91 Å². The first-order valence-electron chi connectivity index (χ1n) is 8.16. The molecule has 1 amide bonds. The fourth-order valence-corrected chi connectivity index (χ4v) is 3.15. The molecule has 1 aromatic carbocycles. The number of amides is 1. The van der Waals surface area contributed by atoms with Gasteiger partial charge in [-0.25, -0.2) is 0 Å². The molecular formula is C18H29N3O. The second kappa shape index (κ2) is 7.25. The summed E-state index contributed by atoms with van der Waals surface area (Å²) >= 11 is 0. The number of benzene rings is 1. The molecule has 0 aliphatic carbocycles. The van der Waals surface area contributed by atoms with Gasteiger partial charge in [-0.2, -0.15) is 0 Å². The summed E-state index contributed by atoms with van der Waals surface area (Å²) in [6.45, 7) is 7.35. The van der Waals surface area contributed by atoms with Crippen molar-refractivity contribution in [2.24, 2.45) is 11.1 Å². The zero-order chi connectivity index (χ0) is 16.2. The molecule has 1 unspecified atom stereocenters. The Morgan fingerprint density at radius 2 is 2.05 bits per heavy atom. The predicted octanol–water partition coefficient (Wildman–Crippen LogP) is 2.09. The maximum atomic E-state index is 12.8. The number of hydrogen-bond donors (Lipinski definition) is 1. The molecule has 4 heteroatoms. The number of hydrogen-bond acceptors (Lipinski definition) is 3.